The first-order chi connectivity index (χ1) is 22.8. The fraction of sp³-hybridized carbons (Fsp3) is 0.375. The lowest BCUT2D eigenvalue weighted by Crippen LogP contribution is -2.52. The molecule has 0 bridgehead atoms. The highest BCUT2D eigenvalue weighted by atomic mass is 16.6. The molecule has 252 valence electrons. The number of carbonyl (C=O) groups excluding carboxylic acids is 1. The summed E-state index contributed by atoms with van der Waals surface area (Å²) in [4.78, 5) is 32.2. The summed E-state index contributed by atoms with van der Waals surface area (Å²) in [6, 6.07) is 30.9. The Kier molecular flexibility index (Phi) is 10.5. The average Bonchev–Trinajstić information content (AvgIpc) is 3.30. The summed E-state index contributed by atoms with van der Waals surface area (Å²) in [7, 11) is 0. The number of nitrogens with zero attached hydrogens (tertiary/aromatic N) is 2. The normalized spacial score (nSPS) is 18.6. The summed E-state index contributed by atoms with van der Waals surface area (Å²) in [6.07, 6.45) is 0.626. The highest BCUT2D eigenvalue weighted by Crippen LogP contribution is 2.48. The van der Waals surface area contributed by atoms with Gasteiger partial charge in [0, 0.05) is 23.7 Å². The Morgan fingerprint density at radius 3 is 2.17 bits per heavy atom. The summed E-state index contributed by atoms with van der Waals surface area (Å²) < 4.78 is 12.3. The van der Waals surface area contributed by atoms with Crippen LogP contribution in [0.4, 0.5) is 9.59 Å². The second kappa shape index (κ2) is 14.6. The second-order valence-corrected chi connectivity index (χ2v) is 14.3. The van der Waals surface area contributed by atoms with Crippen molar-refractivity contribution in [2.75, 3.05) is 0 Å². The number of alkyl carbamates (subject to hydrolysis) is 1. The van der Waals surface area contributed by atoms with Crippen molar-refractivity contribution in [1.29, 1.82) is 0 Å². The zero-order valence-electron chi connectivity index (χ0n) is 28.7. The monoisotopic (exact) mass is 649 g/mol. The number of pyridine rings is 1. The van der Waals surface area contributed by atoms with Crippen molar-refractivity contribution in [3.63, 3.8) is 0 Å². The van der Waals surface area contributed by atoms with Gasteiger partial charge in [-0.15, -0.1) is 0 Å². The molecule has 1 saturated heterocycles. The first-order valence-corrected chi connectivity index (χ1v) is 16.6. The molecule has 2 heterocycles. The molecule has 48 heavy (non-hydrogen) atoms. The molecule has 0 radical (unpaired) electrons. The van der Waals surface area contributed by atoms with Gasteiger partial charge in [-0.1, -0.05) is 112 Å². The highest BCUT2D eigenvalue weighted by molar-refractivity contribution is 5.68. The summed E-state index contributed by atoms with van der Waals surface area (Å²) in [6.45, 7) is 12.1. The van der Waals surface area contributed by atoms with Crippen LogP contribution in [0.15, 0.2) is 103 Å². The van der Waals surface area contributed by atoms with Crippen LogP contribution in [0.5, 0.6) is 0 Å². The van der Waals surface area contributed by atoms with Crippen LogP contribution in [0.2, 0.25) is 0 Å². The maximum atomic E-state index is 13.3. The number of benzene rings is 3. The van der Waals surface area contributed by atoms with Crippen LogP contribution in [0.25, 0.3) is 11.3 Å². The Bertz CT molecular complexity index is 1650. The molecule has 4 atom stereocenters. The Hall–Kier alpha value is -4.69. The third-order valence-corrected chi connectivity index (χ3v) is 9.03. The van der Waals surface area contributed by atoms with E-state index >= 15 is 0 Å². The van der Waals surface area contributed by atoms with E-state index in [0.717, 1.165) is 33.5 Å². The van der Waals surface area contributed by atoms with Gasteiger partial charge in [0.2, 0.25) is 0 Å². The van der Waals surface area contributed by atoms with Gasteiger partial charge in [-0.05, 0) is 67.3 Å². The van der Waals surface area contributed by atoms with Crippen molar-refractivity contribution in [3.8, 4) is 11.3 Å². The van der Waals surface area contributed by atoms with Crippen LogP contribution in [-0.4, -0.2) is 51.1 Å². The average molecular weight is 650 g/mol. The first kappa shape index (κ1) is 34.6. The Labute approximate surface area is 284 Å². The van der Waals surface area contributed by atoms with Gasteiger partial charge >= 0.3 is 12.2 Å². The third-order valence-electron chi connectivity index (χ3n) is 9.03. The zero-order chi connectivity index (χ0) is 34.5. The van der Waals surface area contributed by atoms with E-state index in [9.17, 15) is 14.7 Å². The zero-order valence-corrected chi connectivity index (χ0v) is 28.7. The van der Waals surface area contributed by atoms with Crippen LogP contribution in [0.3, 0.4) is 0 Å². The van der Waals surface area contributed by atoms with Gasteiger partial charge in [0.05, 0.1) is 17.8 Å². The van der Waals surface area contributed by atoms with Crippen molar-refractivity contribution >= 4 is 12.2 Å². The largest absolute Gasteiger partial charge is 0.465 e. The van der Waals surface area contributed by atoms with Gasteiger partial charge in [-0.25, -0.2) is 9.59 Å². The molecule has 0 spiro atoms. The summed E-state index contributed by atoms with van der Waals surface area (Å²) in [5.74, 6) is -0.187. The number of carboxylic acid groups (broad SMARTS) is 1. The van der Waals surface area contributed by atoms with Gasteiger partial charge < -0.3 is 19.9 Å². The lowest BCUT2D eigenvalue weighted by molar-refractivity contribution is -0.0694. The van der Waals surface area contributed by atoms with Crippen LogP contribution in [0, 0.1) is 12.3 Å². The maximum absolute atomic E-state index is 13.3. The number of ether oxygens (including phenoxy) is 2. The van der Waals surface area contributed by atoms with E-state index in [-0.39, 0.29) is 17.9 Å². The van der Waals surface area contributed by atoms with E-state index < -0.39 is 36.1 Å². The molecule has 8 nitrogen and oxygen atoms in total. The molecule has 2 amide bonds. The molecule has 2 unspecified atom stereocenters. The van der Waals surface area contributed by atoms with E-state index in [1.165, 1.54) is 4.90 Å². The van der Waals surface area contributed by atoms with E-state index in [2.05, 4.69) is 43.2 Å². The van der Waals surface area contributed by atoms with Gasteiger partial charge in [-0.3, -0.25) is 9.88 Å². The number of aromatic nitrogens is 1. The van der Waals surface area contributed by atoms with Crippen molar-refractivity contribution < 1.29 is 24.2 Å². The number of amides is 2. The van der Waals surface area contributed by atoms with Crippen molar-refractivity contribution in [1.82, 2.24) is 15.2 Å². The lowest BCUT2D eigenvalue weighted by Gasteiger charge is -2.42. The fourth-order valence-corrected chi connectivity index (χ4v) is 6.94. The molecule has 1 fully saturated rings. The van der Waals surface area contributed by atoms with Crippen molar-refractivity contribution in [2.24, 2.45) is 5.41 Å². The predicted octanol–water partition coefficient (Wildman–Crippen LogP) is 8.60. The molecule has 1 aliphatic rings. The number of nitrogens with one attached hydrogen (secondary N) is 1. The first-order valence-electron chi connectivity index (χ1n) is 16.6. The van der Waals surface area contributed by atoms with Gasteiger partial charge in [0.15, 0.2) is 0 Å². The molecular formula is C40H47N3O5. The Morgan fingerprint density at radius 2 is 1.58 bits per heavy atom. The molecule has 2 N–H and O–H groups in total. The fourth-order valence-electron chi connectivity index (χ4n) is 6.94. The maximum Gasteiger partial charge on any atom is 0.409 e. The molecule has 0 aliphatic carbocycles. The van der Waals surface area contributed by atoms with Crippen LogP contribution >= 0.6 is 0 Å². The molecule has 5 rings (SSSR count). The standard InChI is InChI=1S/C40H47N3O5/c1-27-17-22-33(41-25-27)30-20-18-28(19-21-30)23-32(42-37(44)47-26-29-13-9-7-10-14-29)24-34-36(43(38(45)46)40(5,6)48-34)35(39(2,3)4)31-15-11-8-12-16-31/h7-22,25,32,34-36H,23-24,26H2,1-6H3,(H,42,44)(H,45,46)/t32?,34-,35?,36+/m0/s1. The smallest absolute Gasteiger partial charge is 0.409 e. The molecule has 4 aromatic rings. The minimum absolute atomic E-state index is 0.139. The van der Waals surface area contributed by atoms with E-state index in [0.29, 0.717) is 12.8 Å². The van der Waals surface area contributed by atoms with E-state index in [4.69, 9.17) is 9.47 Å². The topological polar surface area (TPSA) is 101 Å². The van der Waals surface area contributed by atoms with Crippen molar-refractivity contribution in [3.05, 3.63) is 126 Å². The predicted molar refractivity (Wildman–Crippen MR) is 188 cm³/mol. The third kappa shape index (κ3) is 8.42. The molecule has 8 heteroatoms. The minimum atomic E-state index is -1.08. The Morgan fingerprint density at radius 1 is 0.938 bits per heavy atom. The number of rotatable bonds is 10. The van der Waals surface area contributed by atoms with Crippen LogP contribution in [0.1, 0.15) is 69.2 Å². The number of aryl methyl sites for hydroxylation is 1. The van der Waals surface area contributed by atoms with Crippen LogP contribution < -0.4 is 5.32 Å². The van der Waals surface area contributed by atoms with Gasteiger partial charge in [0.25, 0.3) is 0 Å². The molecule has 0 saturated carbocycles. The highest BCUT2D eigenvalue weighted by Gasteiger charge is 2.55. The van der Waals surface area contributed by atoms with Crippen LogP contribution in [-0.2, 0) is 22.5 Å². The molecule has 1 aromatic heterocycles. The van der Waals surface area contributed by atoms with E-state index in [1.54, 1.807) is 13.8 Å². The summed E-state index contributed by atoms with van der Waals surface area (Å²) in [5.41, 5.74) is 4.54. The van der Waals surface area contributed by atoms with E-state index in [1.807, 2.05) is 98.0 Å². The minimum Gasteiger partial charge on any atom is -0.465 e. The summed E-state index contributed by atoms with van der Waals surface area (Å²) in [5, 5.41) is 13.7. The quantitative estimate of drug-likeness (QED) is 0.178. The molecular weight excluding hydrogens is 602 g/mol. The molecule has 1 aliphatic heterocycles. The summed E-state index contributed by atoms with van der Waals surface area (Å²) >= 11 is 0. The lowest BCUT2D eigenvalue weighted by atomic mass is 9.70. The number of hydrogen-bond acceptors (Lipinski definition) is 5. The SMILES string of the molecule is Cc1ccc(-c2ccc(CC(C[C@@H]3OC(C)(C)N(C(=O)O)[C@H]3C(c3ccccc3)C(C)(C)C)NC(=O)OCc3ccccc3)cc2)nc1. The Balaban J connectivity index is 1.45. The van der Waals surface area contributed by atoms with Gasteiger partial charge in [0.1, 0.15) is 12.3 Å². The number of carbonyl (C=O) groups is 2. The molecule has 3 aromatic carbocycles. The second-order valence-electron chi connectivity index (χ2n) is 14.3. The van der Waals surface area contributed by atoms with Crippen molar-refractivity contribution in [2.45, 2.75) is 90.8 Å². The van der Waals surface area contributed by atoms with Gasteiger partial charge in [-0.2, -0.15) is 0 Å². The number of hydrogen-bond donors (Lipinski definition) is 2.